The largest absolute Gasteiger partial charge is 0.399 e. The summed E-state index contributed by atoms with van der Waals surface area (Å²) in [5, 5.41) is 7.97. The van der Waals surface area contributed by atoms with Crippen LogP contribution in [0.1, 0.15) is 0 Å². The van der Waals surface area contributed by atoms with Crippen LogP contribution in [0, 0.1) is 0 Å². The van der Waals surface area contributed by atoms with E-state index < -0.39 is 10.0 Å². The Bertz CT molecular complexity index is 905. The second kappa shape index (κ2) is 4.90. The fraction of sp³-hybridized carbons (Fsp3) is 0. The Kier molecular flexibility index (Phi) is 3.19. The highest BCUT2D eigenvalue weighted by atomic mass is 35.5. The van der Waals surface area contributed by atoms with Gasteiger partial charge in [-0.25, -0.2) is 8.42 Å². The van der Waals surface area contributed by atoms with Gasteiger partial charge >= 0.3 is 0 Å². The molecule has 0 unspecified atom stereocenters. The molecule has 7 nitrogen and oxygen atoms in total. The van der Waals surface area contributed by atoms with Crippen molar-refractivity contribution in [2.75, 3.05) is 10.5 Å². The summed E-state index contributed by atoms with van der Waals surface area (Å²) in [6.45, 7) is 0. The number of benzene rings is 1. The van der Waals surface area contributed by atoms with Crippen molar-refractivity contribution in [1.29, 1.82) is 0 Å². The lowest BCUT2D eigenvalue weighted by Gasteiger charge is -2.05. The van der Waals surface area contributed by atoms with E-state index in [9.17, 15) is 8.42 Å². The molecule has 0 aliphatic rings. The van der Waals surface area contributed by atoms with Crippen LogP contribution in [0.25, 0.3) is 10.9 Å². The molecular formula is C12H10ClN5O2S. The molecule has 0 amide bonds. The number of anilines is 2. The number of aromatic nitrogens is 3. The van der Waals surface area contributed by atoms with Gasteiger partial charge < -0.3 is 10.7 Å². The minimum atomic E-state index is -3.79. The SMILES string of the molecule is Nc1ccc2c(S(=O)(=O)Nc3ccc(Cl)nn3)c[nH]c2c1. The third-order valence-corrected chi connectivity index (χ3v) is 4.42. The van der Waals surface area contributed by atoms with Gasteiger partial charge in [-0.15, -0.1) is 10.2 Å². The molecule has 0 spiro atoms. The topological polar surface area (TPSA) is 114 Å². The maximum absolute atomic E-state index is 12.4. The van der Waals surface area contributed by atoms with Crippen molar-refractivity contribution in [2.24, 2.45) is 0 Å². The second-order valence-electron chi connectivity index (χ2n) is 4.30. The average molecular weight is 324 g/mol. The summed E-state index contributed by atoms with van der Waals surface area (Å²) in [6.07, 6.45) is 1.40. The van der Waals surface area contributed by atoms with Gasteiger partial charge in [0, 0.05) is 22.8 Å². The summed E-state index contributed by atoms with van der Waals surface area (Å²) >= 11 is 5.61. The molecule has 0 saturated carbocycles. The first-order chi connectivity index (χ1) is 9.95. The first kappa shape index (κ1) is 13.7. The Hall–Kier alpha value is -2.32. The van der Waals surface area contributed by atoms with E-state index in [4.69, 9.17) is 17.3 Å². The maximum Gasteiger partial charge on any atom is 0.265 e. The van der Waals surface area contributed by atoms with Crippen LogP contribution in [0.3, 0.4) is 0 Å². The van der Waals surface area contributed by atoms with Crippen LogP contribution < -0.4 is 10.5 Å². The van der Waals surface area contributed by atoms with Crippen molar-refractivity contribution in [3.05, 3.63) is 41.7 Å². The van der Waals surface area contributed by atoms with Gasteiger partial charge in [0.15, 0.2) is 11.0 Å². The lowest BCUT2D eigenvalue weighted by Crippen LogP contribution is -2.13. The summed E-state index contributed by atoms with van der Waals surface area (Å²) in [5.74, 6) is 0.0872. The number of nitrogens with two attached hydrogens (primary N) is 1. The number of aromatic amines is 1. The Morgan fingerprint density at radius 2 is 2.00 bits per heavy atom. The van der Waals surface area contributed by atoms with Crippen LogP contribution in [-0.4, -0.2) is 23.6 Å². The number of fused-ring (bicyclic) bond motifs is 1. The molecule has 0 aliphatic heterocycles. The number of rotatable bonds is 3. The molecular weight excluding hydrogens is 314 g/mol. The van der Waals surface area contributed by atoms with Crippen LogP contribution in [-0.2, 0) is 10.0 Å². The summed E-state index contributed by atoms with van der Waals surface area (Å²) in [5.41, 5.74) is 6.85. The van der Waals surface area contributed by atoms with Crippen molar-refractivity contribution in [2.45, 2.75) is 4.90 Å². The molecule has 0 radical (unpaired) electrons. The highest BCUT2D eigenvalue weighted by molar-refractivity contribution is 7.93. The first-order valence-electron chi connectivity index (χ1n) is 5.84. The zero-order chi connectivity index (χ0) is 15.0. The Morgan fingerprint density at radius 1 is 1.19 bits per heavy atom. The maximum atomic E-state index is 12.4. The Balaban J connectivity index is 2.02. The number of nitrogen functional groups attached to an aromatic ring is 1. The van der Waals surface area contributed by atoms with E-state index in [-0.39, 0.29) is 15.9 Å². The van der Waals surface area contributed by atoms with Gasteiger partial charge in [-0.3, -0.25) is 4.72 Å². The summed E-state index contributed by atoms with van der Waals surface area (Å²) < 4.78 is 27.1. The van der Waals surface area contributed by atoms with Gasteiger partial charge in [0.1, 0.15) is 4.90 Å². The summed E-state index contributed by atoms with van der Waals surface area (Å²) in [6, 6.07) is 7.82. The molecule has 9 heteroatoms. The number of H-pyrrole nitrogens is 1. The molecule has 0 atom stereocenters. The van der Waals surface area contributed by atoms with E-state index in [1.165, 1.54) is 18.3 Å². The first-order valence-corrected chi connectivity index (χ1v) is 7.70. The molecule has 3 aromatic rings. The Morgan fingerprint density at radius 3 is 2.71 bits per heavy atom. The van der Waals surface area contributed by atoms with Crippen LogP contribution in [0.2, 0.25) is 5.15 Å². The average Bonchev–Trinajstić information content (AvgIpc) is 2.85. The third kappa shape index (κ3) is 2.63. The summed E-state index contributed by atoms with van der Waals surface area (Å²) in [7, 11) is -3.79. The van der Waals surface area contributed by atoms with Gasteiger partial charge in [-0.1, -0.05) is 11.6 Å². The predicted molar refractivity (Wildman–Crippen MR) is 80.6 cm³/mol. The molecule has 0 bridgehead atoms. The lowest BCUT2D eigenvalue weighted by atomic mass is 10.2. The van der Waals surface area contributed by atoms with E-state index in [1.807, 2.05) is 0 Å². The molecule has 4 N–H and O–H groups in total. The highest BCUT2D eigenvalue weighted by Crippen LogP contribution is 2.25. The Labute approximate surface area is 125 Å². The minimum Gasteiger partial charge on any atom is -0.399 e. The molecule has 1 aromatic carbocycles. The van der Waals surface area contributed by atoms with E-state index >= 15 is 0 Å². The van der Waals surface area contributed by atoms with E-state index in [2.05, 4.69) is 19.9 Å². The molecule has 108 valence electrons. The van der Waals surface area contributed by atoms with Crippen LogP contribution in [0.4, 0.5) is 11.5 Å². The number of nitrogens with one attached hydrogen (secondary N) is 2. The predicted octanol–water partition coefficient (Wildman–Crippen LogP) is 1.99. The monoisotopic (exact) mass is 323 g/mol. The van der Waals surface area contributed by atoms with Crippen LogP contribution >= 0.6 is 11.6 Å². The van der Waals surface area contributed by atoms with Gasteiger partial charge in [0.2, 0.25) is 0 Å². The molecule has 2 aromatic heterocycles. The van der Waals surface area contributed by atoms with Crippen LogP contribution in [0.5, 0.6) is 0 Å². The molecule has 3 rings (SSSR count). The lowest BCUT2D eigenvalue weighted by molar-refractivity contribution is 0.601. The van der Waals surface area contributed by atoms with Gasteiger partial charge in [0.05, 0.1) is 0 Å². The minimum absolute atomic E-state index is 0.0872. The van der Waals surface area contributed by atoms with Gasteiger partial charge in [0.25, 0.3) is 10.0 Å². The van der Waals surface area contributed by atoms with E-state index in [0.717, 1.165) is 0 Å². The zero-order valence-corrected chi connectivity index (χ0v) is 12.1. The van der Waals surface area contributed by atoms with Crippen LogP contribution in [0.15, 0.2) is 41.4 Å². The van der Waals surface area contributed by atoms with E-state index in [1.54, 1.807) is 18.2 Å². The summed E-state index contributed by atoms with van der Waals surface area (Å²) in [4.78, 5) is 2.98. The molecule has 2 heterocycles. The fourth-order valence-corrected chi connectivity index (χ4v) is 3.18. The number of halogens is 1. The quantitative estimate of drug-likeness (QED) is 0.638. The molecule has 0 aliphatic carbocycles. The highest BCUT2D eigenvalue weighted by Gasteiger charge is 2.19. The number of hydrogen-bond acceptors (Lipinski definition) is 5. The van der Waals surface area contributed by atoms with Crippen molar-refractivity contribution in [1.82, 2.24) is 15.2 Å². The second-order valence-corrected chi connectivity index (χ2v) is 6.34. The van der Waals surface area contributed by atoms with Gasteiger partial charge in [-0.05, 0) is 30.3 Å². The van der Waals surface area contributed by atoms with Gasteiger partial charge in [-0.2, -0.15) is 0 Å². The van der Waals surface area contributed by atoms with Crippen molar-refractivity contribution >= 4 is 44.0 Å². The standard InChI is InChI=1S/C12H10ClN5O2S/c13-11-3-4-12(17-16-11)18-21(19,20)10-6-15-9-5-7(14)1-2-8(9)10/h1-6,15H,14H2,(H,17,18). The zero-order valence-electron chi connectivity index (χ0n) is 10.5. The number of hydrogen-bond donors (Lipinski definition) is 3. The molecule has 0 fully saturated rings. The molecule has 0 saturated heterocycles. The van der Waals surface area contributed by atoms with Crippen molar-refractivity contribution in [3.63, 3.8) is 0 Å². The van der Waals surface area contributed by atoms with Crippen molar-refractivity contribution in [3.8, 4) is 0 Å². The smallest absolute Gasteiger partial charge is 0.265 e. The number of sulfonamides is 1. The fourth-order valence-electron chi connectivity index (χ4n) is 1.90. The normalized spacial score (nSPS) is 11.7. The molecule has 21 heavy (non-hydrogen) atoms. The van der Waals surface area contributed by atoms with Crippen molar-refractivity contribution < 1.29 is 8.42 Å². The van der Waals surface area contributed by atoms with E-state index in [0.29, 0.717) is 16.6 Å². The third-order valence-electron chi connectivity index (χ3n) is 2.83. The number of nitrogens with zero attached hydrogens (tertiary/aromatic N) is 2.